The van der Waals surface area contributed by atoms with Gasteiger partial charge in [-0.05, 0) is 73.8 Å². The number of benzene rings is 1. The number of hydrogen-bond donors (Lipinski definition) is 1. The highest BCUT2D eigenvalue weighted by atomic mass is 32.2. The van der Waals surface area contributed by atoms with Crippen LogP contribution in [0.4, 0.5) is 5.69 Å². The summed E-state index contributed by atoms with van der Waals surface area (Å²) in [6.45, 7) is 5.56. The molecule has 0 saturated carbocycles. The molecular formula is C25H30N4O3S3. The molecule has 2 aromatic heterocycles. The largest absolute Gasteiger partial charge is 0.325 e. The van der Waals surface area contributed by atoms with Gasteiger partial charge < -0.3 is 5.32 Å². The molecule has 1 aromatic carbocycles. The fourth-order valence-corrected chi connectivity index (χ4v) is 8.48. The molecule has 3 aromatic rings. The molecule has 1 amide bonds. The molecule has 0 spiro atoms. The average molecular weight is 531 g/mol. The van der Waals surface area contributed by atoms with Crippen molar-refractivity contribution in [1.82, 2.24) is 14.3 Å². The van der Waals surface area contributed by atoms with E-state index in [-0.39, 0.29) is 16.6 Å². The molecule has 0 unspecified atom stereocenters. The number of thiophene rings is 1. The molecule has 35 heavy (non-hydrogen) atoms. The van der Waals surface area contributed by atoms with Crippen LogP contribution in [0, 0.1) is 11.8 Å². The van der Waals surface area contributed by atoms with E-state index in [0.717, 1.165) is 40.9 Å². The van der Waals surface area contributed by atoms with Crippen molar-refractivity contribution >= 4 is 54.9 Å². The number of carbonyl (C=O) groups is 1. The van der Waals surface area contributed by atoms with Gasteiger partial charge in [0.2, 0.25) is 15.9 Å². The molecule has 2 aliphatic rings. The molecule has 0 bridgehead atoms. The number of sulfonamides is 1. The van der Waals surface area contributed by atoms with Gasteiger partial charge in [0.25, 0.3) is 0 Å². The van der Waals surface area contributed by atoms with Crippen molar-refractivity contribution < 1.29 is 13.2 Å². The fourth-order valence-electron chi connectivity index (χ4n) is 4.77. The third-order valence-electron chi connectivity index (χ3n) is 6.92. The topological polar surface area (TPSA) is 92.3 Å². The Labute approximate surface area is 214 Å². The van der Waals surface area contributed by atoms with E-state index in [1.54, 1.807) is 46.2 Å². The smallest absolute Gasteiger partial charge is 0.243 e. The second-order valence-corrected chi connectivity index (χ2v) is 13.6. The SMILES string of the molecule is CC1CCN(S(=O)(=O)c2ccc(NC(=O)CSc3ncnc4sc5c(c34)CC[C@@H](C)C5)cc2)CC1. The van der Waals surface area contributed by atoms with E-state index >= 15 is 0 Å². The van der Waals surface area contributed by atoms with Gasteiger partial charge in [-0.2, -0.15) is 4.31 Å². The number of anilines is 1. The van der Waals surface area contributed by atoms with Crippen LogP contribution in [0.5, 0.6) is 0 Å². The van der Waals surface area contributed by atoms with Crippen LogP contribution >= 0.6 is 23.1 Å². The number of hydrogen-bond acceptors (Lipinski definition) is 7. The number of fused-ring (bicyclic) bond motifs is 3. The molecule has 1 N–H and O–H groups in total. The van der Waals surface area contributed by atoms with E-state index in [1.807, 2.05) is 0 Å². The molecule has 10 heteroatoms. The zero-order chi connectivity index (χ0) is 24.6. The number of amides is 1. The summed E-state index contributed by atoms with van der Waals surface area (Å²) in [4.78, 5) is 24.3. The summed E-state index contributed by atoms with van der Waals surface area (Å²) in [5.74, 6) is 1.32. The van der Waals surface area contributed by atoms with Crippen molar-refractivity contribution in [3.63, 3.8) is 0 Å². The lowest BCUT2D eigenvalue weighted by Crippen LogP contribution is -2.37. The van der Waals surface area contributed by atoms with E-state index in [4.69, 9.17) is 0 Å². The van der Waals surface area contributed by atoms with Crippen molar-refractivity contribution in [2.24, 2.45) is 11.8 Å². The van der Waals surface area contributed by atoms with Crippen LogP contribution < -0.4 is 5.32 Å². The first-order valence-electron chi connectivity index (χ1n) is 12.1. The van der Waals surface area contributed by atoms with Crippen LogP contribution in [0.1, 0.15) is 43.6 Å². The van der Waals surface area contributed by atoms with Crippen LogP contribution in [0.3, 0.4) is 0 Å². The van der Waals surface area contributed by atoms with Gasteiger partial charge in [-0.15, -0.1) is 11.3 Å². The molecule has 0 radical (unpaired) electrons. The molecular weight excluding hydrogens is 501 g/mol. The van der Waals surface area contributed by atoms with Gasteiger partial charge in [0, 0.05) is 29.0 Å². The van der Waals surface area contributed by atoms with Crippen LogP contribution in [-0.4, -0.2) is 47.4 Å². The van der Waals surface area contributed by atoms with E-state index in [0.29, 0.717) is 30.6 Å². The predicted molar refractivity (Wildman–Crippen MR) is 142 cm³/mol. The van der Waals surface area contributed by atoms with E-state index in [9.17, 15) is 13.2 Å². The Morgan fingerprint density at radius 2 is 1.86 bits per heavy atom. The Morgan fingerprint density at radius 1 is 1.11 bits per heavy atom. The average Bonchev–Trinajstić information content (AvgIpc) is 3.21. The highest BCUT2D eigenvalue weighted by Gasteiger charge is 2.28. The lowest BCUT2D eigenvalue weighted by molar-refractivity contribution is -0.113. The molecule has 3 heterocycles. The lowest BCUT2D eigenvalue weighted by Gasteiger charge is -2.29. The van der Waals surface area contributed by atoms with Crippen LogP contribution in [0.25, 0.3) is 10.2 Å². The van der Waals surface area contributed by atoms with Gasteiger partial charge in [-0.1, -0.05) is 25.6 Å². The first-order valence-corrected chi connectivity index (χ1v) is 15.3. The first-order chi connectivity index (χ1) is 16.8. The monoisotopic (exact) mass is 530 g/mol. The number of aromatic nitrogens is 2. The maximum absolute atomic E-state index is 12.9. The van der Waals surface area contributed by atoms with Gasteiger partial charge in [0.15, 0.2) is 0 Å². The highest BCUT2D eigenvalue weighted by molar-refractivity contribution is 8.00. The second-order valence-electron chi connectivity index (χ2n) is 9.66. The Bertz CT molecular complexity index is 1330. The van der Waals surface area contributed by atoms with Crippen molar-refractivity contribution in [2.45, 2.75) is 55.9 Å². The molecule has 1 aliphatic heterocycles. The Balaban J connectivity index is 1.22. The molecule has 5 rings (SSSR count). The first kappa shape index (κ1) is 24.7. The number of thioether (sulfide) groups is 1. The molecule has 7 nitrogen and oxygen atoms in total. The maximum Gasteiger partial charge on any atom is 0.243 e. The number of carbonyl (C=O) groups excluding carboxylic acids is 1. The van der Waals surface area contributed by atoms with Gasteiger partial charge in [0.1, 0.15) is 16.2 Å². The lowest BCUT2D eigenvalue weighted by atomic mass is 9.89. The molecule has 1 atom stereocenters. The number of rotatable bonds is 6. The van der Waals surface area contributed by atoms with Crippen LogP contribution in [-0.2, 0) is 27.7 Å². The van der Waals surface area contributed by atoms with Crippen LogP contribution in [0.2, 0.25) is 0 Å². The summed E-state index contributed by atoms with van der Waals surface area (Å²) in [7, 11) is -3.50. The molecule has 1 saturated heterocycles. The van der Waals surface area contributed by atoms with Gasteiger partial charge in [-0.25, -0.2) is 18.4 Å². The summed E-state index contributed by atoms with van der Waals surface area (Å²) in [5.41, 5.74) is 1.93. The predicted octanol–water partition coefficient (Wildman–Crippen LogP) is 4.97. The minimum absolute atomic E-state index is 0.153. The third kappa shape index (κ3) is 5.26. The van der Waals surface area contributed by atoms with Gasteiger partial charge >= 0.3 is 0 Å². The minimum Gasteiger partial charge on any atom is -0.325 e. The number of nitrogens with one attached hydrogen (secondary N) is 1. The second kappa shape index (κ2) is 10.2. The molecule has 186 valence electrons. The quantitative estimate of drug-likeness (QED) is 0.357. The Kier molecular flexibility index (Phi) is 7.16. The van der Waals surface area contributed by atoms with Crippen molar-refractivity contribution in [2.75, 3.05) is 24.2 Å². The normalized spacial score (nSPS) is 19.5. The van der Waals surface area contributed by atoms with Crippen molar-refractivity contribution in [1.29, 1.82) is 0 Å². The van der Waals surface area contributed by atoms with E-state index in [2.05, 4.69) is 29.1 Å². The Hall–Kier alpha value is -2.01. The highest BCUT2D eigenvalue weighted by Crippen LogP contribution is 2.40. The Morgan fingerprint density at radius 3 is 2.60 bits per heavy atom. The molecule has 1 aliphatic carbocycles. The number of piperidine rings is 1. The fraction of sp³-hybridized carbons (Fsp3) is 0.480. The van der Waals surface area contributed by atoms with Gasteiger partial charge in [-0.3, -0.25) is 4.79 Å². The zero-order valence-electron chi connectivity index (χ0n) is 20.0. The summed E-state index contributed by atoms with van der Waals surface area (Å²) >= 11 is 3.17. The number of aryl methyl sites for hydroxylation is 1. The van der Waals surface area contributed by atoms with E-state index in [1.165, 1.54) is 28.6 Å². The maximum atomic E-state index is 12.9. The third-order valence-corrected chi connectivity index (χ3v) is 11.0. The molecule has 1 fully saturated rings. The van der Waals surface area contributed by atoms with Crippen LogP contribution in [0.15, 0.2) is 40.5 Å². The summed E-state index contributed by atoms with van der Waals surface area (Å²) in [6, 6.07) is 6.45. The zero-order valence-corrected chi connectivity index (χ0v) is 22.4. The minimum atomic E-state index is -3.50. The number of nitrogens with zero attached hydrogens (tertiary/aromatic N) is 3. The van der Waals surface area contributed by atoms with Gasteiger partial charge in [0.05, 0.1) is 10.6 Å². The summed E-state index contributed by atoms with van der Waals surface area (Å²) in [5, 5.41) is 4.84. The van der Waals surface area contributed by atoms with E-state index < -0.39 is 10.0 Å². The standard InChI is InChI=1S/C25H30N4O3S3/c1-16-9-11-29(12-10-16)35(31,32)19-6-4-18(5-7-19)28-22(30)14-33-24-23-20-8-3-17(2)13-21(20)34-25(23)27-15-26-24/h4-7,15-17H,3,8-14H2,1-2H3,(H,28,30)/t17-/m1/s1. The van der Waals surface area contributed by atoms with Crippen molar-refractivity contribution in [3.05, 3.63) is 41.0 Å². The van der Waals surface area contributed by atoms with Crippen molar-refractivity contribution in [3.8, 4) is 0 Å². The summed E-state index contributed by atoms with van der Waals surface area (Å²) < 4.78 is 27.4. The summed E-state index contributed by atoms with van der Waals surface area (Å²) in [6.07, 6.45) is 6.64.